The van der Waals surface area contributed by atoms with Crippen LogP contribution < -0.4 is 5.32 Å². The van der Waals surface area contributed by atoms with Gasteiger partial charge in [0.2, 0.25) is 0 Å². The molecule has 1 nitrogen and oxygen atoms in total. The highest BCUT2D eigenvalue weighted by molar-refractivity contribution is 5.26. The molecule has 2 rings (SSSR count). The summed E-state index contributed by atoms with van der Waals surface area (Å²) >= 11 is 0. The van der Waals surface area contributed by atoms with Gasteiger partial charge in [0.05, 0.1) is 0 Å². The molecule has 1 aliphatic carbocycles. The highest BCUT2D eigenvalue weighted by atomic mass is 19.1. The van der Waals surface area contributed by atoms with E-state index in [2.05, 4.69) is 26.1 Å². The Bertz CT molecular complexity index is 403. The molecule has 1 aromatic rings. The van der Waals surface area contributed by atoms with Gasteiger partial charge in [0.15, 0.2) is 0 Å². The molecule has 0 bridgehead atoms. The second-order valence-electron chi connectivity index (χ2n) is 6.21. The zero-order valence-corrected chi connectivity index (χ0v) is 11.3. The second kappa shape index (κ2) is 4.96. The van der Waals surface area contributed by atoms with Crippen LogP contribution in [0.1, 0.15) is 45.1 Å². The van der Waals surface area contributed by atoms with Crippen LogP contribution in [0.25, 0.3) is 0 Å². The van der Waals surface area contributed by atoms with Gasteiger partial charge in [0.1, 0.15) is 11.6 Å². The summed E-state index contributed by atoms with van der Waals surface area (Å²) in [5.74, 6) is -0.433. The van der Waals surface area contributed by atoms with E-state index in [1.165, 1.54) is 18.2 Å². The zero-order valence-electron chi connectivity index (χ0n) is 11.3. The molecule has 2 unspecified atom stereocenters. The predicted molar refractivity (Wildman–Crippen MR) is 69.6 cm³/mol. The Morgan fingerprint density at radius 3 is 2.22 bits per heavy atom. The molecule has 0 saturated heterocycles. The minimum atomic E-state index is -0.402. The Kier molecular flexibility index (Phi) is 3.71. The SMILES string of the molecule is CC(C)(C)NCC1CCC1c1c(F)cccc1F. The molecule has 18 heavy (non-hydrogen) atoms. The van der Waals surface area contributed by atoms with E-state index in [9.17, 15) is 8.78 Å². The Morgan fingerprint density at radius 2 is 1.78 bits per heavy atom. The topological polar surface area (TPSA) is 12.0 Å². The summed E-state index contributed by atoms with van der Waals surface area (Å²) in [6.07, 6.45) is 1.93. The van der Waals surface area contributed by atoms with E-state index in [0.29, 0.717) is 5.92 Å². The molecule has 0 radical (unpaired) electrons. The van der Waals surface area contributed by atoms with Gasteiger partial charge >= 0.3 is 0 Å². The fourth-order valence-electron chi connectivity index (χ4n) is 2.50. The molecule has 0 aromatic heterocycles. The fourth-order valence-corrected chi connectivity index (χ4v) is 2.50. The first-order valence-electron chi connectivity index (χ1n) is 6.57. The van der Waals surface area contributed by atoms with Crippen LogP contribution in [0.2, 0.25) is 0 Å². The average molecular weight is 253 g/mol. The fraction of sp³-hybridized carbons (Fsp3) is 0.600. The lowest BCUT2D eigenvalue weighted by Gasteiger charge is -2.39. The largest absolute Gasteiger partial charge is 0.312 e. The van der Waals surface area contributed by atoms with Crippen molar-refractivity contribution < 1.29 is 8.78 Å². The summed E-state index contributed by atoms with van der Waals surface area (Å²) in [4.78, 5) is 0. The van der Waals surface area contributed by atoms with E-state index in [-0.39, 0.29) is 17.0 Å². The Balaban J connectivity index is 2.06. The lowest BCUT2D eigenvalue weighted by atomic mass is 9.69. The molecule has 0 spiro atoms. The van der Waals surface area contributed by atoms with E-state index >= 15 is 0 Å². The molecule has 3 heteroatoms. The van der Waals surface area contributed by atoms with Gasteiger partial charge in [-0.3, -0.25) is 0 Å². The number of hydrogen-bond donors (Lipinski definition) is 1. The van der Waals surface area contributed by atoms with Crippen molar-refractivity contribution in [3.63, 3.8) is 0 Å². The molecule has 1 N–H and O–H groups in total. The first kappa shape index (κ1) is 13.5. The summed E-state index contributed by atoms with van der Waals surface area (Å²) in [7, 11) is 0. The number of hydrogen-bond acceptors (Lipinski definition) is 1. The second-order valence-corrected chi connectivity index (χ2v) is 6.21. The van der Waals surface area contributed by atoms with Gasteiger partial charge in [-0.2, -0.15) is 0 Å². The average Bonchev–Trinajstić information content (AvgIpc) is 2.20. The molecule has 1 saturated carbocycles. The monoisotopic (exact) mass is 253 g/mol. The molecular formula is C15H21F2N. The minimum absolute atomic E-state index is 0.0287. The van der Waals surface area contributed by atoms with E-state index in [1.807, 2.05) is 0 Å². The maximum Gasteiger partial charge on any atom is 0.129 e. The van der Waals surface area contributed by atoms with Crippen LogP contribution >= 0.6 is 0 Å². The summed E-state index contributed by atoms with van der Waals surface area (Å²) in [6, 6.07) is 4.13. The molecular weight excluding hydrogens is 232 g/mol. The lowest BCUT2D eigenvalue weighted by Crippen LogP contribution is -2.43. The molecule has 1 fully saturated rings. The van der Waals surface area contributed by atoms with E-state index in [1.54, 1.807) is 0 Å². The smallest absolute Gasteiger partial charge is 0.129 e. The minimum Gasteiger partial charge on any atom is -0.312 e. The van der Waals surface area contributed by atoms with Gasteiger partial charge in [0.25, 0.3) is 0 Å². The van der Waals surface area contributed by atoms with Gasteiger partial charge < -0.3 is 5.32 Å². The van der Waals surface area contributed by atoms with Gasteiger partial charge in [-0.15, -0.1) is 0 Å². The van der Waals surface area contributed by atoms with Crippen LogP contribution in [-0.4, -0.2) is 12.1 Å². The number of halogens is 2. The molecule has 0 heterocycles. The lowest BCUT2D eigenvalue weighted by molar-refractivity contribution is 0.217. The summed E-state index contributed by atoms with van der Waals surface area (Å²) in [6.45, 7) is 7.13. The maximum atomic E-state index is 13.7. The summed E-state index contributed by atoms with van der Waals surface area (Å²) in [5.41, 5.74) is 0.331. The highest BCUT2D eigenvalue weighted by Gasteiger charge is 2.35. The van der Waals surface area contributed by atoms with Crippen molar-refractivity contribution in [3.05, 3.63) is 35.4 Å². The van der Waals surface area contributed by atoms with Crippen LogP contribution in [0.5, 0.6) is 0 Å². The molecule has 1 aromatic carbocycles. The Labute approximate surface area is 108 Å². The summed E-state index contributed by atoms with van der Waals surface area (Å²) in [5, 5.41) is 3.42. The highest BCUT2D eigenvalue weighted by Crippen LogP contribution is 2.44. The Hall–Kier alpha value is -0.960. The quantitative estimate of drug-likeness (QED) is 0.863. The van der Waals surface area contributed by atoms with Gasteiger partial charge in [-0.25, -0.2) is 8.78 Å². The number of rotatable bonds is 3. The van der Waals surface area contributed by atoms with Crippen molar-refractivity contribution in [1.82, 2.24) is 5.32 Å². The van der Waals surface area contributed by atoms with Crippen molar-refractivity contribution in [2.24, 2.45) is 5.92 Å². The van der Waals surface area contributed by atoms with Crippen molar-refractivity contribution >= 4 is 0 Å². The maximum absolute atomic E-state index is 13.7. The molecule has 2 atom stereocenters. The van der Waals surface area contributed by atoms with Crippen LogP contribution in [-0.2, 0) is 0 Å². The number of nitrogens with one attached hydrogen (secondary N) is 1. The zero-order chi connectivity index (χ0) is 13.3. The van der Waals surface area contributed by atoms with Gasteiger partial charge in [-0.05, 0) is 64.1 Å². The molecule has 0 amide bonds. The van der Waals surface area contributed by atoms with E-state index in [0.717, 1.165) is 19.4 Å². The van der Waals surface area contributed by atoms with Crippen molar-refractivity contribution in [3.8, 4) is 0 Å². The van der Waals surface area contributed by atoms with Crippen LogP contribution in [0.3, 0.4) is 0 Å². The van der Waals surface area contributed by atoms with Crippen LogP contribution in [0.15, 0.2) is 18.2 Å². The Morgan fingerprint density at radius 1 is 1.17 bits per heavy atom. The summed E-state index contributed by atoms with van der Waals surface area (Å²) < 4.78 is 27.4. The molecule has 100 valence electrons. The first-order valence-corrected chi connectivity index (χ1v) is 6.57. The predicted octanol–water partition coefficient (Wildman–Crippen LogP) is 3.85. The van der Waals surface area contributed by atoms with Crippen molar-refractivity contribution in [2.45, 2.75) is 45.1 Å². The van der Waals surface area contributed by atoms with Crippen LogP contribution in [0, 0.1) is 17.6 Å². The third-order valence-electron chi connectivity index (χ3n) is 3.68. The van der Waals surface area contributed by atoms with Gasteiger partial charge in [0, 0.05) is 11.1 Å². The third kappa shape index (κ3) is 2.89. The standard InChI is InChI=1S/C15H21F2N/c1-15(2,3)18-9-10-7-8-11(10)14-12(16)5-4-6-13(14)17/h4-6,10-11,18H,7-9H2,1-3H3. The molecule has 0 aliphatic heterocycles. The normalized spacial score (nSPS) is 23.8. The van der Waals surface area contributed by atoms with Crippen molar-refractivity contribution in [1.29, 1.82) is 0 Å². The third-order valence-corrected chi connectivity index (χ3v) is 3.68. The van der Waals surface area contributed by atoms with E-state index in [4.69, 9.17) is 0 Å². The van der Waals surface area contributed by atoms with Gasteiger partial charge in [-0.1, -0.05) is 6.07 Å². The first-order chi connectivity index (χ1) is 8.38. The van der Waals surface area contributed by atoms with Crippen molar-refractivity contribution in [2.75, 3.05) is 6.54 Å². The van der Waals surface area contributed by atoms with Crippen LogP contribution in [0.4, 0.5) is 8.78 Å². The molecule has 1 aliphatic rings. The number of benzene rings is 1. The van der Waals surface area contributed by atoms with E-state index < -0.39 is 11.6 Å².